The molecule has 2 N–H and O–H groups in total. The Balaban J connectivity index is 1.76. The molecular formula is C30H24ClF3N4O4. The summed E-state index contributed by atoms with van der Waals surface area (Å²) in [5, 5.41) is 13.9. The van der Waals surface area contributed by atoms with Gasteiger partial charge >= 0.3 is 12.0 Å². The quantitative estimate of drug-likeness (QED) is 0.307. The third-order valence-electron chi connectivity index (χ3n) is 6.95. The number of nitrogens with zero attached hydrogens (tertiary/aromatic N) is 3. The molecule has 216 valence electrons. The van der Waals surface area contributed by atoms with Gasteiger partial charge in [-0.2, -0.15) is 0 Å². The summed E-state index contributed by atoms with van der Waals surface area (Å²) in [6, 6.07) is 15.3. The summed E-state index contributed by atoms with van der Waals surface area (Å²) in [7, 11) is 0. The highest BCUT2D eigenvalue weighted by molar-refractivity contribution is 6.30. The van der Waals surface area contributed by atoms with Crippen LogP contribution in [0.15, 0.2) is 66.7 Å². The third-order valence-corrected chi connectivity index (χ3v) is 7.18. The zero-order valence-corrected chi connectivity index (χ0v) is 23.1. The maximum atomic E-state index is 14.7. The lowest BCUT2D eigenvalue weighted by Crippen LogP contribution is -2.58. The molecule has 0 aliphatic carbocycles. The Labute approximate surface area is 243 Å². The van der Waals surface area contributed by atoms with E-state index in [0.717, 1.165) is 4.90 Å². The molecule has 0 unspecified atom stereocenters. The number of aromatic nitrogens is 2. The van der Waals surface area contributed by atoms with Crippen molar-refractivity contribution in [3.05, 3.63) is 117 Å². The van der Waals surface area contributed by atoms with Crippen LogP contribution < -0.4 is 15.0 Å². The average molecular weight is 597 g/mol. The summed E-state index contributed by atoms with van der Waals surface area (Å²) in [6.45, 7) is 2.31. The molecule has 1 amide bonds. The largest absolute Gasteiger partial charge is 0.478 e. The van der Waals surface area contributed by atoms with Crippen molar-refractivity contribution in [1.29, 1.82) is 0 Å². The minimum atomic E-state index is -1.79. The van der Waals surface area contributed by atoms with Gasteiger partial charge in [0.2, 0.25) is 12.0 Å². The van der Waals surface area contributed by atoms with E-state index in [1.54, 1.807) is 50.2 Å². The SMILES string of the molecule is Cc1cc(C)nc(O[C@H](C(=O)O)[C@@]2(c3ccccc3)NCC(=O)N(Cc3c(F)cc(F)cc3F)c3ccc(Cl)cc32)n1. The third kappa shape index (κ3) is 5.40. The van der Waals surface area contributed by atoms with E-state index in [4.69, 9.17) is 16.3 Å². The number of aryl methyl sites for hydroxylation is 2. The number of carbonyl (C=O) groups is 2. The van der Waals surface area contributed by atoms with Crippen LogP contribution in [0.2, 0.25) is 5.02 Å². The fourth-order valence-corrected chi connectivity index (χ4v) is 5.35. The smallest absolute Gasteiger partial charge is 0.347 e. The van der Waals surface area contributed by atoms with E-state index in [-0.39, 0.29) is 22.3 Å². The summed E-state index contributed by atoms with van der Waals surface area (Å²) in [5.74, 6) is -5.53. The monoisotopic (exact) mass is 596 g/mol. The van der Waals surface area contributed by atoms with Gasteiger partial charge in [0.25, 0.3) is 0 Å². The molecule has 1 aliphatic heterocycles. The van der Waals surface area contributed by atoms with Crippen LogP contribution in [0, 0.1) is 31.3 Å². The molecule has 1 aliphatic rings. The van der Waals surface area contributed by atoms with Crippen LogP contribution in [0.1, 0.15) is 28.1 Å². The number of nitrogens with one attached hydrogen (secondary N) is 1. The summed E-state index contributed by atoms with van der Waals surface area (Å²) in [5.41, 5.74) is -0.593. The van der Waals surface area contributed by atoms with E-state index in [1.165, 1.54) is 18.2 Å². The highest BCUT2D eigenvalue weighted by atomic mass is 35.5. The number of rotatable bonds is 7. The second kappa shape index (κ2) is 11.4. The fraction of sp³-hybridized carbons (Fsp3) is 0.200. The van der Waals surface area contributed by atoms with Crippen molar-refractivity contribution in [2.75, 3.05) is 11.4 Å². The number of aliphatic carboxylic acids is 1. The first-order valence-electron chi connectivity index (χ1n) is 12.8. The number of ether oxygens (including phenoxy) is 1. The molecule has 0 radical (unpaired) electrons. The molecule has 0 saturated heterocycles. The van der Waals surface area contributed by atoms with Gasteiger partial charge in [-0.15, -0.1) is 0 Å². The number of benzene rings is 3. The van der Waals surface area contributed by atoms with Crippen LogP contribution in [0.25, 0.3) is 0 Å². The van der Waals surface area contributed by atoms with Crippen molar-refractivity contribution in [3.63, 3.8) is 0 Å². The molecule has 0 saturated carbocycles. The van der Waals surface area contributed by atoms with E-state index < -0.39 is 59.6 Å². The molecule has 0 spiro atoms. The average Bonchev–Trinajstić information content (AvgIpc) is 3.03. The predicted molar refractivity (Wildman–Crippen MR) is 148 cm³/mol. The Morgan fingerprint density at radius 1 is 1.05 bits per heavy atom. The number of anilines is 1. The Morgan fingerprint density at radius 2 is 1.69 bits per heavy atom. The van der Waals surface area contributed by atoms with E-state index >= 15 is 0 Å². The van der Waals surface area contributed by atoms with Gasteiger partial charge in [-0.1, -0.05) is 41.9 Å². The minimum Gasteiger partial charge on any atom is -0.478 e. The number of hydrogen-bond donors (Lipinski definition) is 2. The van der Waals surface area contributed by atoms with Crippen LogP contribution in [-0.4, -0.2) is 39.6 Å². The van der Waals surface area contributed by atoms with E-state index in [2.05, 4.69) is 15.3 Å². The number of fused-ring (bicyclic) bond motifs is 1. The first-order chi connectivity index (χ1) is 20.0. The van der Waals surface area contributed by atoms with Crippen molar-refractivity contribution in [1.82, 2.24) is 15.3 Å². The number of carbonyl (C=O) groups excluding carboxylic acids is 1. The molecule has 1 aromatic heterocycles. The molecule has 0 fully saturated rings. The van der Waals surface area contributed by atoms with E-state index in [9.17, 15) is 27.9 Å². The first-order valence-corrected chi connectivity index (χ1v) is 13.1. The normalized spacial score (nSPS) is 17.4. The number of carboxylic acids is 1. The summed E-state index contributed by atoms with van der Waals surface area (Å²) < 4.78 is 49.1. The first kappa shape index (κ1) is 29.0. The van der Waals surface area contributed by atoms with E-state index in [1.807, 2.05) is 0 Å². The standard InChI is InChI=1S/C30H24ClF3N4O4/c1-16-10-17(2)37-29(36-16)42-27(28(40)41)30(18-6-4-3-5-7-18)22-11-19(31)8-9-25(22)38(26(39)14-35-30)15-21-23(33)12-20(32)13-24(21)34/h3-13,27,35H,14-15H2,1-2H3,(H,40,41)/t27-,30+/m1/s1. The second-order valence-corrected chi connectivity index (χ2v) is 10.2. The summed E-state index contributed by atoms with van der Waals surface area (Å²) in [4.78, 5) is 36.2. The van der Waals surface area contributed by atoms with Gasteiger partial charge in [0.15, 0.2) is 0 Å². The minimum absolute atomic E-state index is 0.109. The fourth-order valence-electron chi connectivity index (χ4n) is 5.17. The van der Waals surface area contributed by atoms with Crippen molar-refractivity contribution in [3.8, 4) is 6.01 Å². The van der Waals surface area contributed by atoms with Gasteiger partial charge in [-0.3, -0.25) is 10.1 Å². The van der Waals surface area contributed by atoms with Crippen LogP contribution in [0.5, 0.6) is 6.01 Å². The predicted octanol–water partition coefficient (Wildman–Crippen LogP) is 5.08. The van der Waals surface area contributed by atoms with Crippen molar-refractivity contribution >= 4 is 29.2 Å². The van der Waals surface area contributed by atoms with Crippen LogP contribution >= 0.6 is 11.6 Å². The van der Waals surface area contributed by atoms with Crippen molar-refractivity contribution in [2.24, 2.45) is 0 Å². The summed E-state index contributed by atoms with van der Waals surface area (Å²) >= 11 is 6.44. The second-order valence-electron chi connectivity index (χ2n) is 9.79. The molecule has 3 aromatic carbocycles. The van der Waals surface area contributed by atoms with Gasteiger partial charge in [0.05, 0.1) is 13.1 Å². The van der Waals surface area contributed by atoms with Gasteiger partial charge in [-0.05, 0) is 43.7 Å². The maximum absolute atomic E-state index is 14.7. The molecule has 8 nitrogen and oxygen atoms in total. The number of carboxylic acid groups (broad SMARTS) is 1. The summed E-state index contributed by atoms with van der Waals surface area (Å²) in [6.07, 6.45) is -1.77. The molecule has 0 bridgehead atoms. The molecule has 2 atom stereocenters. The topological polar surface area (TPSA) is 105 Å². The van der Waals surface area contributed by atoms with Gasteiger partial charge in [0, 0.05) is 45.4 Å². The zero-order chi connectivity index (χ0) is 30.2. The molecule has 42 heavy (non-hydrogen) atoms. The van der Waals surface area contributed by atoms with E-state index in [0.29, 0.717) is 29.1 Å². The molecule has 5 rings (SSSR count). The van der Waals surface area contributed by atoms with Crippen LogP contribution in [0.4, 0.5) is 18.9 Å². The number of amides is 1. The lowest BCUT2D eigenvalue weighted by molar-refractivity contribution is -0.149. The molecular weight excluding hydrogens is 573 g/mol. The van der Waals surface area contributed by atoms with Crippen LogP contribution in [0.3, 0.4) is 0 Å². The highest BCUT2D eigenvalue weighted by Crippen LogP contribution is 2.43. The Kier molecular flexibility index (Phi) is 7.89. The zero-order valence-electron chi connectivity index (χ0n) is 22.4. The lowest BCUT2D eigenvalue weighted by Gasteiger charge is -2.39. The Bertz CT molecular complexity index is 1650. The molecule has 4 aromatic rings. The lowest BCUT2D eigenvalue weighted by atomic mass is 9.77. The van der Waals surface area contributed by atoms with Gasteiger partial charge in [0.1, 0.15) is 23.0 Å². The van der Waals surface area contributed by atoms with Gasteiger partial charge in [-0.25, -0.2) is 27.9 Å². The highest BCUT2D eigenvalue weighted by Gasteiger charge is 2.52. The van der Waals surface area contributed by atoms with Crippen molar-refractivity contribution < 1.29 is 32.6 Å². The maximum Gasteiger partial charge on any atom is 0.347 e. The Morgan fingerprint density at radius 3 is 2.31 bits per heavy atom. The molecule has 12 heteroatoms. The van der Waals surface area contributed by atoms with Crippen molar-refractivity contribution in [2.45, 2.75) is 32.0 Å². The number of halogens is 4. The Hall–Kier alpha value is -4.48. The van der Waals surface area contributed by atoms with Gasteiger partial charge < -0.3 is 14.7 Å². The van der Waals surface area contributed by atoms with Crippen LogP contribution in [-0.2, 0) is 21.7 Å². The number of hydrogen-bond acceptors (Lipinski definition) is 6. The molecule has 2 heterocycles.